The Balaban J connectivity index is 2.68. The van der Waals surface area contributed by atoms with Gasteiger partial charge in [0, 0.05) is 18.7 Å². The molecular weight excluding hydrogens is 272 g/mol. The number of hydrogen-bond acceptors (Lipinski definition) is 3. The second-order valence-electron chi connectivity index (χ2n) is 4.44. The molecule has 6 nitrogen and oxygen atoms in total. The molecule has 0 saturated carbocycles. The highest BCUT2D eigenvalue weighted by Crippen LogP contribution is 2.11. The summed E-state index contributed by atoms with van der Waals surface area (Å²) in [5.74, 6) is -1.57. The molecule has 3 N–H and O–H groups in total. The number of carbonyl (C=O) groups excluding carboxylic acids is 2. The van der Waals surface area contributed by atoms with Gasteiger partial charge >= 0.3 is 5.97 Å². The maximum atomic E-state index is 12.0. The van der Waals surface area contributed by atoms with Crippen molar-refractivity contribution in [2.75, 3.05) is 5.32 Å². The predicted octanol–water partition coefficient (Wildman–Crippen LogP) is 1.64. The molecule has 0 bridgehead atoms. The van der Waals surface area contributed by atoms with Gasteiger partial charge in [0.15, 0.2) is 0 Å². The van der Waals surface area contributed by atoms with Crippen LogP contribution in [0.4, 0.5) is 5.69 Å². The first-order valence-corrected chi connectivity index (χ1v) is 6.51. The quantitative estimate of drug-likeness (QED) is 0.694. The first-order valence-electron chi connectivity index (χ1n) is 6.51. The molecule has 0 aliphatic carbocycles. The molecule has 2 amide bonds. The summed E-state index contributed by atoms with van der Waals surface area (Å²) in [6.45, 7) is 3.17. The van der Waals surface area contributed by atoms with E-state index >= 15 is 0 Å². The van der Waals surface area contributed by atoms with Crippen molar-refractivity contribution in [3.8, 4) is 0 Å². The van der Waals surface area contributed by atoms with Crippen molar-refractivity contribution in [3.63, 3.8) is 0 Å². The van der Waals surface area contributed by atoms with Crippen LogP contribution in [0.3, 0.4) is 0 Å². The van der Waals surface area contributed by atoms with Crippen molar-refractivity contribution in [1.82, 2.24) is 5.32 Å². The molecule has 1 aromatic carbocycles. The summed E-state index contributed by atoms with van der Waals surface area (Å²) in [6, 6.07) is 6.14. The SMILES string of the molecule is CCC(NC(C)=O)C(=O)Nc1ccc(/C=C/C(=O)O)cc1. The molecule has 0 aliphatic heterocycles. The number of carboxylic acids is 1. The van der Waals surface area contributed by atoms with Crippen molar-refractivity contribution in [1.29, 1.82) is 0 Å². The normalized spacial score (nSPS) is 11.9. The molecular formula is C15H18N2O4. The second kappa shape index (κ2) is 7.84. The van der Waals surface area contributed by atoms with E-state index in [4.69, 9.17) is 5.11 Å². The topological polar surface area (TPSA) is 95.5 Å². The number of amides is 2. The minimum absolute atomic E-state index is 0.258. The van der Waals surface area contributed by atoms with E-state index in [0.29, 0.717) is 17.7 Å². The molecule has 0 aliphatic rings. The standard InChI is InChI=1S/C15H18N2O4/c1-3-13(16-10(2)18)15(21)17-12-7-4-11(5-8-12)6-9-14(19)20/h4-9,13H,3H2,1-2H3,(H,16,18)(H,17,21)(H,19,20)/b9-6+. The van der Waals surface area contributed by atoms with Crippen LogP contribution in [0.15, 0.2) is 30.3 Å². The summed E-state index contributed by atoms with van der Waals surface area (Å²) in [5, 5.41) is 13.8. The van der Waals surface area contributed by atoms with E-state index in [1.165, 1.54) is 13.0 Å². The van der Waals surface area contributed by atoms with Gasteiger partial charge in [-0.1, -0.05) is 19.1 Å². The molecule has 1 atom stereocenters. The number of benzene rings is 1. The first kappa shape index (κ1) is 16.4. The van der Waals surface area contributed by atoms with Gasteiger partial charge in [0.2, 0.25) is 11.8 Å². The highest BCUT2D eigenvalue weighted by atomic mass is 16.4. The van der Waals surface area contributed by atoms with Gasteiger partial charge < -0.3 is 15.7 Å². The molecule has 112 valence electrons. The van der Waals surface area contributed by atoms with Crippen molar-refractivity contribution in [2.24, 2.45) is 0 Å². The van der Waals surface area contributed by atoms with E-state index in [9.17, 15) is 14.4 Å². The third-order valence-corrected chi connectivity index (χ3v) is 2.70. The van der Waals surface area contributed by atoms with E-state index < -0.39 is 12.0 Å². The van der Waals surface area contributed by atoms with Crippen LogP contribution in [0.2, 0.25) is 0 Å². The van der Waals surface area contributed by atoms with E-state index in [2.05, 4.69) is 10.6 Å². The number of hydrogen-bond donors (Lipinski definition) is 3. The van der Waals surface area contributed by atoms with Crippen LogP contribution >= 0.6 is 0 Å². The fourth-order valence-electron chi connectivity index (χ4n) is 1.67. The Kier molecular flexibility index (Phi) is 6.13. The lowest BCUT2D eigenvalue weighted by Crippen LogP contribution is -2.42. The maximum absolute atomic E-state index is 12.0. The average molecular weight is 290 g/mol. The highest BCUT2D eigenvalue weighted by Gasteiger charge is 2.16. The Morgan fingerprint density at radius 1 is 1.24 bits per heavy atom. The first-order chi connectivity index (χ1) is 9.92. The Hall–Kier alpha value is -2.63. The third kappa shape index (κ3) is 5.90. The van der Waals surface area contributed by atoms with Gasteiger partial charge in [0.1, 0.15) is 6.04 Å². The molecule has 1 unspecified atom stereocenters. The Labute approximate surface area is 122 Å². The van der Waals surface area contributed by atoms with E-state index in [0.717, 1.165) is 6.08 Å². The van der Waals surface area contributed by atoms with E-state index in [1.807, 2.05) is 0 Å². The fourth-order valence-corrected chi connectivity index (χ4v) is 1.67. The molecule has 1 rings (SSSR count). The number of nitrogens with one attached hydrogen (secondary N) is 2. The number of anilines is 1. The van der Waals surface area contributed by atoms with Crippen molar-refractivity contribution in [3.05, 3.63) is 35.9 Å². The lowest BCUT2D eigenvalue weighted by molar-refractivity contribution is -0.131. The monoisotopic (exact) mass is 290 g/mol. The summed E-state index contributed by atoms with van der Waals surface area (Å²) >= 11 is 0. The van der Waals surface area contributed by atoms with Gasteiger partial charge in [-0.15, -0.1) is 0 Å². The number of carboxylic acid groups (broad SMARTS) is 1. The van der Waals surface area contributed by atoms with Crippen LogP contribution in [0.25, 0.3) is 6.08 Å². The van der Waals surface area contributed by atoms with Crippen LogP contribution in [0.1, 0.15) is 25.8 Å². The minimum atomic E-state index is -1.02. The number of carbonyl (C=O) groups is 3. The van der Waals surface area contributed by atoms with Gasteiger partial charge in [-0.05, 0) is 30.2 Å². The van der Waals surface area contributed by atoms with Crippen molar-refractivity contribution < 1.29 is 19.5 Å². The average Bonchev–Trinajstić information content (AvgIpc) is 2.43. The zero-order valence-electron chi connectivity index (χ0n) is 11.9. The molecule has 0 fully saturated rings. The van der Waals surface area contributed by atoms with Gasteiger partial charge in [-0.25, -0.2) is 4.79 Å². The smallest absolute Gasteiger partial charge is 0.328 e. The summed E-state index contributed by atoms with van der Waals surface area (Å²) in [7, 11) is 0. The Bertz CT molecular complexity index is 549. The molecule has 0 spiro atoms. The zero-order valence-corrected chi connectivity index (χ0v) is 11.9. The van der Waals surface area contributed by atoms with Crippen LogP contribution < -0.4 is 10.6 Å². The van der Waals surface area contributed by atoms with Crippen LogP contribution in [0.5, 0.6) is 0 Å². The summed E-state index contributed by atoms with van der Waals surface area (Å²) in [5.41, 5.74) is 1.29. The van der Waals surface area contributed by atoms with E-state index in [1.54, 1.807) is 31.2 Å². The lowest BCUT2D eigenvalue weighted by atomic mass is 10.1. The lowest BCUT2D eigenvalue weighted by Gasteiger charge is -2.15. The van der Waals surface area contributed by atoms with Crippen LogP contribution in [-0.4, -0.2) is 28.9 Å². The molecule has 6 heteroatoms. The Morgan fingerprint density at radius 2 is 1.86 bits per heavy atom. The maximum Gasteiger partial charge on any atom is 0.328 e. The third-order valence-electron chi connectivity index (χ3n) is 2.70. The zero-order chi connectivity index (χ0) is 15.8. The molecule has 0 aromatic heterocycles. The largest absolute Gasteiger partial charge is 0.478 e. The molecule has 0 radical (unpaired) electrons. The summed E-state index contributed by atoms with van der Waals surface area (Å²) in [6.07, 6.45) is 2.99. The molecule has 1 aromatic rings. The fraction of sp³-hybridized carbons (Fsp3) is 0.267. The van der Waals surface area contributed by atoms with Crippen molar-refractivity contribution in [2.45, 2.75) is 26.3 Å². The minimum Gasteiger partial charge on any atom is -0.478 e. The van der Waals surface area contributed by atoms with Gasteiger partial charge in [0.05, 0.1) is 0 Å². The molecule has 0 saturated heterocycles. The van der Waals surface area contributed by atoms with Gasteiger partial charge in [-0.2, -0.15) is 0 Å². The number of rotatable bonds is 6. The second-order valence-corrected chi connectivity index (χ2v) is 4.44. The number of aliphatic carboxylic acids is 1. The van der Waals surface area contributed by atoms with Crippen LogP contribution in [0, 0.1) is 0 Å². The summed E-state index contributed by atoms with van der Waals surface area (Å²) < 4.78 is 0. The van der Waals surface area contributed by atoms with Crippen LogP contribution in [-0.2, 0) is 14.4 Å². The van der Waals surface area contributed by atoms with Gasteiger partial charge in [0.25, 0.3) is 0 Å². The summed E-state index contributed by atoms with van der Waals surface area (Å²) in [4.78, 5) is 33.4. The molecule has 21 heavy (non-hydrogen) atoms. The molecule has 0 heterocycles. The highest BCUT2D eigenvalue weighted by molar-refractivity contribution is 5.97. The predicted molar refractivity (Wildman–Crippen MR) is 79.6 cm³/mol. The van der Waals surface area contributed by atoms with Gasteiger partial charge in [-0.3, -0.25) is 9.59 Å². The van der Waals surface area contributed by atoms with E-state index in [-0.39, 0.29) is 11.8 Å². The van der Waals surface area contributed by atoms with Crippen molar-refractivity contribution >= 4 is 29.5 Å². The Morgan fingerprint density at radius 3 is 2.33 bits per heavy atom.